The second-order valence-electron chi connectivity index (χ2n) is 6.01. The lowest BCUT2D eigenvalue weighted by atomic mass is 10.1. The molecule has 1 fully saturated rings. The molecule has 0 amide bonds. The van der Waals surface area contributed by atoms with Crippen molar-refractivity contribution in [3.63, 3.8) is 0 Å². The van der Waals surface area contributed by atoms with Crippen LogP contribution in [0.5, 0.6) is 0 Å². The number of rotatable bonds is 3. The van der Waals surface area contributed by atoms with Crippen LogP contribution in [-0.2, 0) is 0 Å². The van der Waals surface area contributed by atoms with E-state index >= 15 is 0 Å². The summed E-state index contributed by atoms with van der Waals surface area (Å²) in [6.07, 6.45) is 2.47. The van der Waals surface area contributed by atoms with Crippen LogP contribution in [0.1, 0.15) is 42.9 Å². The minimum absolute atomic E-state index is 0.0221. The van der Waals surface area contributed by atoms with E-state index < -0.39 is 0 Å². The zero-order valence-corrected chi connectivity index (χ0v) is 15.5. The van der Waals surface area contributed by atoms with Crippen molar-refractivity contribution < 1.29 is 0 Å². The molecule has 1 aliphatic carbocycles. The number of hydrogen-bond acceptors (Lipinski definition) is 2. The van der Waals surface area contributed by atoms with E-state index in [-0.39, 0.29) is 6.04 Å². The molecule has 0 radical (unpaired) electrons. The van der Waals surface area contributed by atoms with Crippen molar-refractivity contribution in [2.45, 2.75) is 31.7 Å². The smallest absolute Gasteiger partial charge is 0.116 e. The Hall–Kier alpha value is -1.10. The number of fused-ring (bicyclic) bond motifs is 1. The highest BCUT2D eigenvalue weighted by Crippen LogP contribution is 2.44. The van der Waals surface area contributed by atoms with Gasteiger partial charge >= 0.3 is 0 Å². The Bertz CT molecular complexity index is 902. The van der Waals surface area contributed by atoms with Crippen LogP contribution in [0.15, 0.2) is 34.8 Å². The van der Waals surface area contributed by atoms with Crippen molar-refractivity contribution >= 4 is 50.2 Å². The van der Waals surface area contributed by atoms with Crippen LogP contribution >= 0.6 is 39.1 Å². The van der Waals surface area contributed by atoms with Crippen LogP contribution in [0.25, 0.3) is 11.0 Å². The van der Waals surface area contributed by atoms with Crippen LogP contribution in [-0.4, -0.2) is 15.0 Å². The van der Waals surface area contributed by atoms with E-state index in [1.807, 2.05) is 16.8 Å². The predicted molar refractivity (Wildman–Crippen MR) is 97.5 cm³/mol. The maximum Gasteiger partial charge on any atom is 0.116 e. The standard InChI is InChI=1S/C17H14BrCl2N3/c1-9(13-5-4-12(19)8-15(13)20)23-16-7-11(18)6-14(10-2-3-10)17(16)21-22-23/h4-10H,2-3H2,1H3/t9-/m1/s1. The molecule has 4 rings (SSSR count). The fourth-order valence-corrected chi connectivity index (χ4v) is 4.02. The number of halogens is 3. The number of benzene rings is 2. The lowest BCUT2D eigenvalue weighted by Gasteiger charge is -2.15. The highest BCUT2D eigenvalue weighted by molar-refractivity contribution is 9.10. The van der Waals surface area contributed by atoms with E-state index in [4.69, 9.17) is 23.2 Å². The van der Waals surface area contributed by atoms with E-state index in [9.17, 15) is 0 Å². The third kappa shape index (κ3) is 2.77. The molecule has 3 aromatic rings. The Labute approximate surface area is 152 Å². The van der Waals surface area contributed by atoms with Gasteiger partial charge in [-0.3, -0.25) is 0 Å². The molecule has 0 unspecified atom stereocenters. The lowest BCUT2D eigenvalue weighted by molar-refractivity contribution is 0.560. The first-order chi connectivity index (χ1) is 11.0. The van der Waals surface area contributed by atoms with Crippen molar-refractivity contribution in [1.82, 2.24) is 15.0 Å². The first kappa shape index (κ1) is 15.4. The molecule has 6 heteroatoms. The molecular formula is C17H14BrCl2N3. The first-order valence-electron chi connectivity index (χ1n) is 7.54. The van der Waals surface area contributed by atoms with E-state index in [1.54, 1.807) is 6.07 Å². The molecule has 1 saturated carbocycles. The highest BCUT2D eigenvalue weighted by Gasteiger charge is 2.28. The molecule has 1 aliphatic rings. The van der Waals surface area contributed by atoms with Gasteiger partial charge in [-0.15, -0.1) is 5.10 Å². The summed E-state index contributed by atoms with van der Waals surface area (Å²) in [4.78, 5) is 0. The van der Waals surface area contributed by atoms with E-state index in [1.165, 1.54) is 18.4 Å². The fourth-order valence-electron chi connectivity index (χ4n) is 2.99. The first-order valence-corrected chi connectivity index (χ1v) is 9.09. The summed E-state index contributed by atoms with van der Waals surface area (Å²) in [6.45, 7) is 2.07. The monoisotopic (exact) mass is 409 g/mol. The summed E-state index contributed by atoms with van der Waals surface area (Å²) in [7, 11) is 0. The van der Waals surface area contributed by atoms with Gasteiger partial charge in [-0.25, -0.2) is 4.68 Å². The normalized spacial score (nSPS) is 16.0. The fraction of sp³-hybridized carbons (Fsp3) is 0.294. The van der Waals surface area contributed by atoms with Gasteiger partial charge in [0.2, 0.25) is 0 Å². The minimum atomic E-state index is -0.0221. The molecule has 0 saturated heterocycles. The van der Waals surface area contributed by atoms with Gasteiger partial charge in [0.15, 0.2) is 0 Å². The summed E-state index contributed by atoms with van der Waals surface area (Å²) in [5.41, 5.74) is 4.29. The maximum absolute atomic E-state index is 6.36. The van der Waals surface area contributed by atoms with Crippen molar-refractivity contribution in [3.8, 4) is 0 Å². The third-order valence-corrected chi connectivity index (χ3v) is 5.39. The Kier molecular flexibility index (Phi) is 3.87. The summed E-state index contributed by atoms with van der Waals surface area (Å²) in [5.74, 6) is 0.620. The Morgan fingerprint density at radius 1 is 1.22 bits per heavy atom. The van der Waals surface area contributed by atoms with Crippen LogP contribution < -0.4 is 0 Å². The maximum atomic E-state index is 6.36. The van der Waals surface area contributed by atoms with E-state index in [0.717, 1.165) is 21.1 Å². The third-order valence-electron chi connectivity index (χ3n) is 4.37. The zero-order valence-electron chi connectivity index (χ0n) is 12.4. The Morgan fingerprint density at radius 2 is 2.00 bits per heavy atom. The van der Waals surface area contributed by atoms with E-state index in [0.29, 0.717) is 16.0 Å². The van der Waals surface area contributed by atoms with E-state index in [2.05, 4.69) is 45.3 Å². The molecule has 118 valence electrons. The summed E-state index contributed by atoms with van der Waals surface area (Å²) >= 11 is 16.0. The van der Waals surface area contributed by atoms with Gasteiger partial charge in [-0.2, -0.15) is 0 Å². The second-order valence-corrected chi connectivity index (χ2v) is 7.77. The SMILES string of the molecule is C[C@H](c1ccc(Cl)cc1Cl)n1nnc2c(C3CC3)cc(Br)cc21. The van der Waals surface area contributed by atoms with Gasteiger partial charge in [0.1, 0.15) is 5.52 Å². The lowest BCUT2D eigenvalue weighted by Crippen LogP contribution is -2.09. The quantitative estimate of drug-likeness (QED) is 0.531. The van der Waals surface area contributed by atoms with Crippen molar-refractivity contribution in [3.05, 3.63) is 56.0 Å². The van der Waals surface area contributed by atoms with Crippen molar-refractivity contribution in [2.75, 3.05) is 0 Å². The van der Waals surface area contributed by atoms with Gasteiger partial charge in [0.05, 0.1) is 11.6 Å². The molecule has 3 nitrogen and oxygen atoms in total. The van der Waals surface area contributed by atoms with Crippen molar-refractivity contribution in [1.29, 1.82) is 0 Å². The average molecular weight is 411 g/mol. The van der Waals surface area contributed by atoms with Crippen molar-refractivity contribution in [2.24, 2.45) is 0 Å². The molecule has 0 spiro atoms. The molecule has 0 N–H and O–H groups in total. The largest absolute Gasteiger partial charge is 0.237 e. The molecule has 23 heavy (non-hydrogen) atoms. The molecule has 2 aromatic carbocycles. The summed E-state index contributed by atoms with van der Waals surface area (Å²) in [5, 5.41) is 10.1. The van der Waals surface area contributed by atoms with Crippen LogP contribution in [0.2, 0.25) is 10.0 Å². The van der Waals surface area contributed by atoms with Gasteiger partial charge in [0, 0.05) is 14.5 Å². The van der Waals surface area contributed by atoms with Crippen LogP contribution in [0.3, 0.4) is 0 Å². The molecule has 1 heterocycles. The van der Waals surface area contributed by atoms with Gasteiger partial charge in [0.25, 0.3) is 0 Å². The Balaban J connectivity index is 1.85. The zero-order chi connectivity index (χ0) is 16.1. The van der Waals surface area contributed by atoms with Gasteiger partial charge < -0.3 is 0 Å². The number of hydrogen-bond donors (Lipinski definition) is 0. The topological polar surface area (TPSA) is 30.7 Å². The average Bonchev–Trinajstić information content (AvgIpc) is 3.26. The summed E-state index contributed by atoms with van der Waals surface area (Å²) in [6, 6.07) is 9.78. The number of nitrogens with zero attached hydrogens (tertiary/aromatic N) is 3. The molecular weight excluding hydrogens is 397 g/mol. The Morgan fingerprint density at radius 3 is 2.70 bits per heavy atom. The summed E-state index contributed by atoms with van der Waals surface area (Å²) < 4.78 is 2.99. The molecule has 0 bridgehead atoms. The van der Waals surface area contributed by atoms with Gasteiger partial charge in [-0.1, -0.05) is 50.4 Å². The predicted octanol–water partition coefficient (Wildman–Crippen LogP) is 5.99. The van der Waals surface area contributed by atoms with Crippen LogP contribution in [0.4, 0.5) is 0 Å². The molecule has 0 aliphatic heterocycles. The highest BCUT2D eigenvalue weighted by atomic mass is 79.9. The van der Waals surface area contributed by atoms with Gasteiger partial charge in [-0.05, 0) is 61.1 Å². The molecule has 1 aromatic heterocycles. The molecule has 1 atom stereocenters. The number of aromatic nitrogens is 3. The second kappa shape index (κ2) is 5.76. The van der Waals surface area contributed by atoms with Crippen LogP contribution in [0, 0.1) is 0 Å². The minimum Gasteiger partial charge on any atom is -0.237 e.